The Bertz CT molecular complexity index is 376. The second kappa shape index (κ2) is 5.53. The Morgan fingerprint density at radius 2 is 1.81 bits per heavy atom. The lowest BCUT2D eigenvalue weighted by atomic mass is 10.0. The molecule has 0 fully saturated rings. The molecule has 0 atom stereocenters. The lowest BCUT2D eigenvalue weighted by Crippen LogP contribution is -2.30. The van der Waals surface area contributed by atoms with E-state index in [2.05, 4.69) is 10.6 Å². The van der Waals surface area contributed by atoms with E-state index in [0.29, 0.717) is 0 Å². The van der Waals surface area contributed by atoms with Crippen LogP contribution in [0.15, 0.2) is 6.07 Å². The van der Waals surface area contributed by atoms with Crippen molar-refractivity contribution in [3.05, 3.63) is 27.8 Å². The van der Waals surface area contributed by atoms with Gasteiger partial charge < -0.3 is 15.4 Å². The molecule has 0 aliphatic carbocycles. The van der Waals surface area contributed by atoms with Gasteiger partial charge in [-0.1, -0.05) is 11.6 Å². The summed E-state index contributed by atoms with van der Waals surface area (Å²) in [6, 6.07) is 1.96. The maximum absolute atomic E-state index is 6.26. The fourth-order valence-electron chi connectivity index (χ4n) is 1.90. The quantitative estimate of drug-likeness (QED) is 0.796. The molecule has 0 heterocycles. The molecule has 1 aromatic carbocycles. The molecule has 4 heteroatoms. The average molecular weight is 243 g/mol. The molecule has 0 aromatic heterocycles. The maximum atomic E-state index is 6.26. The van der Waals surface area contributed by atoms with E-state index in [1.807, 2.05) is 34.0 Å². The van der Waals surface area contributed by atoms with Gasteiger partial charge in [-0.25, -0.2) is 0 Å². The minimum Gasteiger partial charge on any atom is -0.496 e. The van der Waals surface area contributed by atoms with Crippen LogP contribution in [-0.4, -0.2) is 21.2 Å². The zero-order valence-corrected chi connectivity index (χ0v) is 11.2. The molecule has 0 saturated heterocycles. The highest BCUT2D eigenvalue weighted by molar-refractivity contribution is 6.32. The fraction of sp³-hybridized carbons (Fsp3) is 0.500. The Hall–Kier alpha value is -0.770. The maximum Gasteiger partial charge on any atom is 0.125 e. The highest BCUT2D eigenvalue weighted by atomic mass is 35.5. The molecule has 0 aliphatic heterocycles. The van der Waals surface area contributed by atoms with Crippen LogP contribution in [0.25, 0.3) is 0 Å². The Kier molecular flexibility index (Phi) is 4.59. The molecule has 3 nitrogen and oxygen atoms in total. The summed E-state index contributed by atoms with van der Waals surface area (Å²) in [7, 11) is 5.47. The van der Waals surface area contributed by atoms with Crippen LogP contribution in [-0.2, 0) is 0 Å². The first kappa shape index (κ1) is 13.3. The van der Waals surface area contributed by atoms with Crippen LogP contribution in [0.4, 0.5) is 0 Å². The Labute approximate surface area is 102 Å². The molecule has 1 rings (SSSR count). The molecule has 0 aliphatic rings. The minimum atomic E-state index is 0.0352. The molecule has 0 saturated carbocycles. The van der Waals surface area contributed by atoms with Gasteiger partial charge >= 0.3 is 0 Å². The van der Waals surface area contributed by atoms with Gasteiger partial charge in [-0.3, -0.25) is 0 Å². The summed E-state index contributed by atoms with van der Waals surface area (Å²) < 4.78 is 5.41. The molecule has 1 aromatic rings. The summed E-state index contributed by atoms with van der Waals surface area (Å²) in [6.07, 6.45) is 0.0352. The number of rotatable bonds is 4. The smallest absolute Gasteiger partial charge is 0.125 e. The van der Waals surface area contributed by atoms with E-state index in [9.17, 15) is 0 Å². The first-order chi connectivity index (χ1) is 7.56. The van der Waals surface area contributed by atoms with Gasteiger partial charge in [-0.05, 0) is 45.1 Å². The summed E-state index contributed by atoms with van der Waals surface area (Å²) in [5, 5.41) is 7.16. The zero-order valence-electron chi connectivity index (χ0n) is 10.4. The number of nitrogens with one attached hydrogen (secondary N) is 2. The van der Waals surface area contributed by atoms with Crippen molar-refractivity contribution in [2.24, 2.45) is 0 Å². The standard InChI is InChI=1S/C12H19ClN2O/c1-7-6-9(16-5)10(8(2)11(7)13)12(14-3)15-4/h6,12,14-15H,1-5H3. The van der Waals surface area contributed by atoms with Crippen molar-refractivity contribution in [1.29, 1.82) is 0 Å². The molecule has 0 radical (unpaired) electrons. The van der Waals surface area contributed by atoms with Crippen LogP contribution in [0, 0.1) is 13.8 Å². The van der Waals surface area contributed by atoms with Gasteiger partial charge in [-0.15, -0.1) is 0 Å². The van der Waals surface area contributed by atoms with Gasteiger partial charge in [0.1, 0.15) is 5.75 Å². The predicted molar refractivity (Wildman–Crippen MR) is 68.3 cm³/mol. The van der Waals surface area contributed by atoms with E-state index in [0.717, 1.165) is 27.5 Å². The number of hydrogen-bond donors (Lipinski definition) is 2. The SMILES string of the molecule is CNC(NC)c1c(OC)cc(C)c(Cl)c1C. The van der Waals surface area contributed by atoms with E-state index in [4.69, 9.17) is 16.3 Å². The van der Waals surface area contributed by atoms with Crippen molar-refractivity contribution in [2.75, 3.05) is 21.2 Å². The summed E-state index contributed by atoms with van der Waals surface area (Å²) in [5.41, 5.74) is 3.14. The Morgan fingerprint density at radius 3 is 2.25 bits per heavy atom. The van der Waals surface area contributed by atoms with Gasteiger partial charge in [-0.2, -0.15) is 0 Å². The van der Waals surface area contributed by atoms with Gasteiger partial charge in [0.15, 0.2) is 0 Å². The molecule has 90 valence electrons. The summed E-state index contributed by atoms with van der Waals surface area (Å²) in [4.78, 5) is 0. The third-order valence-electron chi connectivity index (χ3n) is 2.78. The lowest BCUT2D eigenvalue weighted by Gasteiger charge is -2.22. The minimum absolute atomic E-state index is 0.0352. The Morgan fingerprint density at radius 1 is 1.25 bits per heavy atom. The summed E-state index contributed by atoms with van der Waals surface area (Å²) in [6.45, 7) is 3.99. The van der Waals surface area contributed by atoms with Crippen LogP contribution in [0.1, 0.15) is 22.9 Å². The first-order valence-electron chi connectivity index (χ1n) is 5.24. The van der Waals surface area contributed by atoms with Gasteiger partial charge in [0.2, 0.25) is 0 Å². The van der Waals surface area contributed by atoms with Crippen LogP contribution >= 0.6 is 11.6 Å². The van der Waals surface area contributed by atoms with Crippen molar-refractivity contribution in [3.8, 4) is 5.75 Å². The number of methoxy groups -OCH3 is 1. The monoisotopic (exact) mass is 242 g/mol. The molecule has 0 spiro atoms. The van der Waals surface area contributed by atoms with Crippen molar-refractivity contribution in [2.45, 2.75) is 20.0 Å². The van der Waals surface area contributed by atoms with E-state index in [-0.39, 0.29) is 6.17 Å². The van der Waals surface area contributed by atoms with Crippen LogP contribution in [0.3, 0.4) is 0 Å². The molecule has 16 heavy (non-hydrogen) atoms. The van der Waals surface area contributed by atoms with E-state index >= 15 is 0 Å². The number of benzene rings is 1. The zero-order chi connectivity index (χ0) is 12.3. The first-order valence-corrected chi connectivity index (χ1v) is 5.62. The molecule has 2 N–H and O–H groups in total. The molecule has 0 unspecified atom stereocenters. The number of aryl methyl sites for hydroxylation is 1. The average Bonchev–Trinajstić information content (AvgIpc) is 2.29. The Balaban J connectivity index is 3.40. The van der Waals surface area contributed by atoms with E-state index in [1.54, 1.807) is 7.11 Å². The van der Waals surface area contributed by atoms with Crippen LogP contribution in [0.5, 0.6) is 5.75 Å². The molecular formula is C12H19ClN2O. The van der Waals surface area contributed by atoms with Crippen LogP contribution < -0.4 is 15.4 Å². The second-order valence-corrected chi connectivity index (χ2v) is 4.14. The van der Waals surface area contributed by atoms with Gasteiger partial charge in [0.05, 0.1) is 13.3 Å². The molecule has 0 amide bonds. The third kappa shape index (κ3) is 2.32. The summed E-state index contributed by atoms with van der Waals surface area (Å²) >= 11 is 6.26. The predicted octanol–water partition coefficient (Wildman–Crippen LogP) is 2.40. The number of ether oxygens (including phenoxy) is 1. The lowest BCUT2D eigenvalue weighted by molar-refractivity contribution is 0.394. The largest absolute Gasteiger partial charge is 0.496 e. The molecule has 0 bridgehead atoms. The number of halogens is 1. The molecular weight excluding hydrogens is 224 g/mol. The highest BCUT2D eigenvalue weighted by Crippen LogP contribution is 2.34. The summed E-state index contributed by atoms with van der Waals surface area (Å²) in [5.74, 6) is 0.855. The second-order valence-electron chi connectivity index (χ2n) is 3.76. The third-order valence-corrected chi connectivity index (χ3v) is 3.36. The van der Waals surface area contributed by atoms with E-state index in [1.165, 1.54) is 0 Å². The van der Waals surface area contributed by atoms with Gasteiger partial charge in [0.25, 0.3) is 0 Å². The van der Waals surface area contributed by atoms with Crippen molar-refractivity contribution < 1.29 is 4.74 Å². The van der Waals surface area contributed by atoms with E-state index < -0.39 is 0 Å². The van der Waals surface area contributed by atoms with Gasteiger partial charge in [0, 0.05) is 10.6 Å². The van der Waals surface area contributed by atoms with Crippen molar-refractivity contribution in [1.82, 2.24) is 10.6 Å². The van der Waals surface area contributed by atoms with Crippen molar-refractivity contribution >= 4 is 11.6 Å². The number of hydrogen-bond acceptors (Lipinski definition) is 3. The topological polar surface area (TPSA) is 33.3 Å². The van der Waals surface area contributed by atoms with Crippen molar-refractivity contribution in [3.63, 3.8) is 0 Å². The highest BCUT2D eigenvalue weighted by Gasteiger charge is 2.18. The van der Waals surface area contributed by atoms with Crippen LogP contribution in [0.2, 0.25) is 5.02 Å². The fourth-order valence-corrected chi connectivity index (χ4v) is 2.05. The normalized spacial score (nSPS) is 10.9.